The Morgan fingerprint density at radius 2 is 1.52 bits per heavy atom. The molecule has 236 valence electrons. The van der Waals surface area contributed by atoms with Crippen molar-refractivity contribution in [2.24, 2.45) is 11.8 Å². The zero-order chi connectivity index (χ0) is 30.2. The van der Waals surface area contributed by atoms with Crippen LogP contribution in [0.4, 0.5) is 0 Å². The predicted octanol–water partition coefficient (Wildman–Crippen LogP) is 7.21. The van der Waals surface area contributed by atoms with Crippen LogP contribution in [0.25, 0.3) is 0 Å². The zero-order valence-corrected chi connectivity index (χ0v) is 25.9. The number of hydrogen-bond donors (Lipinski definition) is 4. The van der Waals surface area contributed by atoms with Gasteiger partial charge in [-0.25, -0.2) is 0 Å². The van der Waals surface area contributed by atoms with E-state index in [4.69, 9.17) is 4.98 Å². The highest BCUT2D eigenvalue weighted by atomic mass is 16.4. The Hall–Kier alpha value is -2.15. The quantitative estimate of drug-likeness (QED) is 0.109. The largest absolute Gasteiger partial charge is 0.664 e. The minimum Gasteiger partial charge on any atom is -0.664 e. The Balaban J connectivity index is 1.36. The van der Waals surface area contributed by atoms with E-state index in [0.29, 0.717) is 32.1 Å². The SMILES string of the molecule is CCCCCCC[C@H](O)CCCCCC[C@H](C(=O)O)[C@H](O)CC[C@]1(O)CCC[C@@H]1Cc1ccc(Cc2ccccc2)[n-]1. The van der Waals surface area contributed by atoms with Gasteiger partial charge in [0.2, 0.25) is 0 Å². The number of aliphatic hydroxyl groups excluding tert-OH is 2. The summed E-state index contributed by atoms with van der Waals surface area (Å²) in [5.41, 5.74) is 2.37. The van der Waals surface area contributed by atoms with Crippen LogP contribution in [0.3, 0.4) is 0 Å². The molecule has 1 aromatic carbocycles. The summed E-state index contributed by atoms with van der Waals surface area (Å²) in [7, 11) is 0. The Labute approximate surface area is 254 Å². The molecule has 4 N–H and O–H groups in total. The summed E-state index contributed by atoms with van der Waals surface area (Å²) >= 11 is 0. The van der Waals surface area contributed by atoms with Crippen molar-refractivity contribution >= 4 is 5.97 Å². The van der Waals surface area contributed by atoms with E-state index in [0.717, 1.165) is 75.6 Å². The van der Waals surface area contributed by atoms with E-state index < -0.39 is 23.6 Å². The summed E-state index contributed by atoms with van der Waals surface area (Å²) in [6.45, 7) is 2.21. The first kappa shape index (κ1) is 34.3. The van der Waals surface area contributed by atoms with Crippen LogP contribution in [-0.4, -0.2) is 44.2 Å². The van der Waals surface area contributed by atoms with Gasteiger partial charge in [-0.3, -0.25) is 4.79 Å². The van der Waals surface area contributed by atoms with E-state index in [9.17, 15) is 25.2 Å². The van der Waals surface area contributed by atoms with Crippen LogP contribution in [0.1, 0.15) is 133 Å². The van der Waals surface area contributed by atoms with E-state index in [1.165, 1.54) is 31.2 Å². The second-order valence-electron chi connectivity index (χ2n) is 12.9. The maximum atomic E-state index is 12.0. The average Bonchev–Trinajstić information content (AvgIpc) is 3.57. The zero-order valence-electron chi connectivity index (χ0n) is 25.9. The fourth-order valence-corrected chi connectivity index (χ4v) is 6.77. The number of carboxylic acid groups (broad SMARTS) is 1. The number of aromatic nitrogens is 1. The molecule has 0 spiro atoms. The number of unbranched alkanes of at least 4 members (excludes halogenated alkanes) is 7. The Morgan fingerprint density at radius 3 is 2.19 bits per heavy atom. The highest BCUT2D eigenvalue weighted by Crippen LogP contribution is 2.41. The first-order valence-electron chi connectivity index (χ1n) is 16.8. The minimum absolute atomic E-state index is 0.0687. The molecule has 1 aromatic heterocycles. The topological polar surface area (TPSA) is 112 Å². The van der Waals surface area contributed by atoms with E-state index in [1.807, 2.05) is 18.2 Å². The molecular formula is C36H56NO5-. The van der Waals surface area contributed by atoms with Gasteiger partial charge in [-0.15, -0.1) is 0 Å². The molecule has 2 aromatic rings. The second-order valence-corrected chi connectivity index (χ2v) is 12.9. The molecule has 1 aliphatic carbocycles. The number of nitrogens with zero attached hydrogens (tertiary/aromatic N) is 1. The molecule has 0 radical (unpaired) electrons. The fraction of sp³-hybridized carbons (Fsp3) is 0.694. The lowest BCUT2D eigenvalue weighted by molar-refractivity contribution is -0.146. The standard InChI is InChI=1S/C36H56NO5/c1-2-3-4-5-11-18-32(38)19-12-6-7-13-20-33(35(40)41)34(39)23-25-36(42)24-14-17-29(36)27-31-22-21-30(37-31)26-28-15-9-8-10-16-28/h8-10,15-16,21-22,29,32-34,38-39,42H,2-7,11-14,17-20,23-27H2,1H3,(H,40,41)/q-1/t29-,32+,33+,34-,36-/m1/s1. The van der Waals surface area contributed by atoms with Crippen LogP contribution < -0.4 is 4.98 Å². The van der Waals surface area contributed by atoms with E-state index in [1.54, 1.807) is 0 Å². The average molecular weight is 583 g/mol. The lowest BCUT2D eigenvalue weighted by Gasteiger charge is -2.33. The molecule has 1 heterocycles. The lowest BCUT2D eigenvalue weighted by atomic mass is 9.81. The van der Waals surface area contributed by atoms with Crippen LogP contribution in [0.5, 0.6) is 0 Å². The normalized spacial score (nSPS) is 20.9. The number of carboxylic acids is 1. The minimum atomic E-state index is -0.961. The Bertz CT molecular complexity index is 1010. The number of hydrogen-bond acceptors (Lipinski definition) is 4. The van der Waals surface area contributed by atoms with Gasteiger partial charge in [-0.1, -0.05) is 114 Å². The fourth-order valence-electron chi connectivity index (χ4n) is 6.77. The first-order chi connectivity index (χ1) is 20.3. The van der Waals surface area contributed by atoms with Crippen LogP contribution in [0.2, 0.25) is 0 Å². The van der Waals surface area contributed by atoms with Crippen LogP contribution >= 0.6 is 0 Å². The number of carbonyl (C=O) groups is 1. The number of rotatable bonds is 22. The maximum absolute atomic E-state index is 12.0. The third-order valence-electron chi connectivity index (χ3n) is 9.46. The number of benzene rings is 1. The van der Waals surface area contributed by atoms with Gasteiger partial charge in [0, 0.05) is 0 Å². The summed E-state index contributed by atoms with van der Waals surface area (Å²) in [6, 6.07) is 14.4. The summed E-state index contributed by atoms with van der Waals surface area (Å²) in [5, 5.41) is 42.4. The molecule has 0 saturated heterocycles. The number of aliphatic hydroxyl groups is 3. The predicted molar refractivity (Wildman–Crippen MR) is 168 cm³/mol. The first-order valence-corrected chi connectivity index (χ1v) is 16.8. The van der Waals surface area contributed by atoms with Crippen molar-refractivity contribution in [2.45, 2.75) is 147 Å². The van der Waals surface area contributed by atoms with Crippen LogP contribution in [0.15, 0.2) is 42.5 Å². The molecule has 1 fully saturated rings. The Kier molecular flexibility index (Phi) is 15.1. The highest BCUT2D eigenvalue weighted by Gasteiger charge is 2.41. The molecule has 0 amide bonds. The highest BCUT2D eigenvalue weighted by molar-refractivity contribution is 5.70. The summed E-state index contributed by atoms with van der Waals surface area (Å²) in [6.07, 6.45) is 15.3. The molecule has 0 bridgehead atoms. The van der Waals surface area contributed by atoms with E-state index in [-0.39, 0.29) is 12.0 Å². The van der Waals surface area contributed by atoms with Crippen molar-refractivity contribution in [3.05, 3.63) is 59.4 Å². The molecule has 1 aliphatic rings. The maximum Gasteiger partial charge on any atom is 0.309 e. The lowest BCUT2D eigenvalue weighted by Crippen LogP contribution is -2.37. The van der Waals surface area contributed by atoms with Crippen molar-refractivity contribution in [1.29, 1.82) is 0 Å². The Morgan fingerprint density at radius 1 is 0.881 bits per heavy atom. The van der Waals surface area contributed by atoms with Crippen molar-refractivity contribution in [3.63, 3.8) is 0 Å². The van der Waals surface area contributed by atoms with Gasteiger partial charge in [0.25, 0.3) is 0 Å². The molecular weight excluding hydrogens is 526 g/mol. The molecule has 1 saturated carbocycles. The van der Waals surface area contributed by atoms with Gasteiger partial charge >= 0.3 is 5.97 Å². The molecule has 5 atom stereocenters. The van der Waals surface area contributed by atoms with Crippen LogP contribution in [0, 0.1) is 11.8 Å². The molecule has 0 unspecified atom stereocenters. The monoisotopic (exact) mass is 582 g/mol. The van der Waals surface area contributed by atoms with Gasteiger partial charge < -0.3 is 25.4 Å². The van der Waals surface area contributed by atoms with Crippen molar-refractivity contribution < 1.29 is 25.2 Å². The summed E-state index contributed by atoms with van der Waals surface area (Å²) in [4.78, 5) is 16.8. The third kappa shape index (κ3) is 11.9. The van der Waals surface area contributed by atoms with Gasteiger partial charge in [0.05, 0.1) is 23.7 Å². The molecule has 6 heteroatoms. The number of aliphatic carboxylic acids is 1. The molecule has 6 nitrogen and oxygen atoms in total. The second kappa shape index (κ2) is 18.5. The van der Waals surface area contributed by atoms with Gasteiger partial charge in [0.1, 0.15) is 0 Å². The summed E-state index contributed by atoms with van der Waals surface area (Å²) < 4.78 is 0. The van der Waals surface area contributed by atoms with Crippen molar-refractivity contribution in [2.75, 3.05) is 0 Å². The van der Waals surface area contributed by atoms with Crippen molar-refractivity contribution in [1.82, 2.24) is 4.98 Å². The van der Waals surface area contributed by atoms with Crippen LogP contribution in [-0.2, 0) is 17.6 Å². The van der Waals surface area contributed by atoms with Gasteiger partial charge in [-0.05, 0) is 69.3 Å². The van der Waals surface area contributed by atoms with Gasteiger partial charge in [-0.2, -0.15) is 11.4 Å². The smallest absolute Gasteiger partial charge is 0.309 e. The summed E-state index contributed by atoms with van der Waals surface area (Å²) in [5.74, 6) is -1.69. The third-order valence-corrected chi connectivity index (χ3v) is 9.46. The molecule has 42 heavy (non-hydrogen) atoms. The van der Waals surface area contributed by atoms with E-state index in [2.05, 4.69) is 31.2 Å². The van der Waals surface area contributed by atoms with E-state index >= 15 is 0 Å². The van der Waals surface area contributed by atoms with Crippen molar-refractivity contribution in [3.8, 4) is 0 Å². The molecule has 0 aliphatic heterocycles. The molecule has 3 rings (SSSR count). The van der Waals surface area contributed by atoms with Gasteiger partial charge in [0.15, 0.2) is 0 Å².